The summed E-state index contributed by atoms with van der Waals surface area (Å²) in [6.45, 7) is 6.66. The molecule has 0 saturated heterocycles. The van der Waals surface area contributed by atoms with E-state index >= 15 is 0 Å². The number of amidine groups is 1. The van der Waals surface area contributed by atoms with Crippen molar-refractivity contribution in [2.24, 2.45) is 27.7 Å². The van der Waals surface area contributed by atoms with Gasteiger partial charge < -0.3 is 4.90 Å². The van der Waals surface area contributed by atoms with Crippen LogP contribution in [0.25, 0.3) is 22.2 Å². The van der Waals surface area contributed by atoms with Gasteiger partial charge in [0.2, 0.25) is 5.70 Å². The highest BCUT2D eigenvalue weighted by Gasteiger charge is 2.46. The van der Waals surface area contributed by atoms with Crippen molar-refractivity contribution >= 4 is 23.0 Å². The third-order valence-electron chi connectivity index (χ3n) is 8.51. The number of aryl methyl sites for hydroxylation is 1. The van der Waals surface area contributed by atoms with E-state index in [0.717, 1.165) is 70.3 Å². The van der Waals surface area contributed by atoms with Crippen molar-refractivity contribution < 1.29 is 4.59 Å². The average Bonchev–Trinajstić information content (AvgIpc) is 3.26. The van der Waals surface area contributed by atoms with Crippen LogP contribution >= 0.6 is 0 Å². The summed E-state index contributed by atoms with van der Waals surface area (Å²) in [4.78, 5) is 17.2. The highest BCUT2D eigenvalue weighted by Crippen LogP contribution is 2.41. The Bertz CT molecular complexity index is 1480. The fraction of sp³-hybridized carbons (Fsp3) is 0.344. The summed E-state index contributed by atoms with van der Waals surface area (Å²) in [6.07, 6.45) is 10.4. The van der Waals surface area contributed by atoms with Crippen LogP contribution in [0.4, 0.5) is 0 Å². The number of rotatable bonds is 6. The molecule has 194 valence electrons. The molecule has 0 amide bonds. The smallest absolute Gasteiger partial charge is 0.264 e. The summed E-state index contributed by atoms with van der Waals surface area (Å²) in [7, 11) is 2.22. The molecular formula is C32H37N6+. The van der Waals surface area contributed by atoms with E-state index in [1.165, 1.54) is 24.9 Å². The quantitative estimate of drug-likeness (QED) is 0.321. The Morgan fingerprint density at radius 1 is 1.00 bits per heavy atom. The molecule has 6 rings (SSSR count). The first-order valence-electron chi connectivity index (χ1n) is 13.8. The second-order valence-corrected chi connectivity index (χ2v) is 11.1. The summed E-state index contributed by atoms with van der Waals surface area (Å²) in [5.74, 6) is 9.11. The minimum Gasteiger partial charge on any atom is -0.306 e. The van der Waals surface area contributed by atoms with Gasteiger partial charge in [-0.25, -0.2) is 4.98 Å². The zero-order valence-corrected chi connectivity index (χ0v) is 22.6. The molecule has 3 aromatic rings. The highest BCUT2D eigenvalue weighted by atomic mass is 15.6. The van der Waals surface area contributed by atoms with Gasteiger partial charge in [-0.1, -0.05) is 43.3 Å². The summed E-state index contributed by atoms with van der Waals surface area (Å²) in [6, 6.07) is 19.0. The van der Waals surface area contributed by atoms with Crippen LogP contribution in [-0.4, -0.2) is 46.7 Å². The summed E-state index contributed by atoms with van der Waals surface area (Å²) in [5.41, 5.74) is 7.38. The normalized spacial score (nSPS) is 24.8. The Balaban J connectivity index is 1.35. The first kappa shape index (κ1) is 24.9. The van der Waals surface area contributed by atoms with E-state index in [0.29, 0.717) is 5.92 Å². The number of hydrogen-bond acceptors (Lipinski definition) is 5. The van der Waals surface area contributed by atoms with Crippen LogP contribution in [0.2, 0.25) is 0 Å². The Hall–Kier alpha value is -3.45. The number of allylic oxidation sites excluding steroid dienone is 2. The second kappa shape index (κ2) is 10.0. The van der Waals surface area contributed by atoms with E-state index < -0.39 is 0 Å². The maximum atomic E-state index is 7.09. The number of nitrogens with zero attached hydrogens (tertiary/aromatic N) is 5. The molecule has 1 atom stereocenters. The average molecular weight is 506 g/mol. The number of aliphatic imine (C=N–C) groups is 2. The minimum absolute atomic E-state index is 0.0696. The third-order valence-corrected chi connectivity index (χ3v) is 8.51. The number of nitrogens with two attached hydrogens (primary N) is 1. The number of quaternary nitrogens is 1. The SMILES string of the molecule is CCN(C)CC1CCC(C2=C3C=NC=C[N+]3(N)C(c3ccc4c(C)cc(-c5ccccc5)nc4c3)=N2)CC1. The summed E-state index contributed by atoms with van der Waals surface area (Å²) >= 11 is 0. The van der Waals surface area contributed by atoms with E-state index in [1.54, 1.807) is 6.20 Å². The number of benzene rings is 2. The van der Waals surface area contributed by atoms with Gasteiger partial charge in [0.15, 0.2) is 0 Å². The molecule has 1 fully saturated rings. The van der Waals surface area contributed by atoms with Crippen molar-refractivity contribution in [3.05, 3.63) is 89.5 Å². The molecule has 3 heterocycles. The lowest BCUT2D eigenvalue weighted by atomic mass is 9.80. The maximum absolute atomic E-state index is 7.09. The molecule has 0 radical (unpaired) electrons. The van der Waals surface area contributed by atoms with Crippen molar-refractivity contribution in [2.45, 2.75) is 39.5 Å². The summed E-state index contributed by atoms with van der Waals surface area (Å²) in [5, 5.41) is 1.15. The van der Waals surface area contributed by atoms with E-state index in [9.17, 15) is 0 Å². The monoisotopic (exact) mass is 505 g/mol. The number of hydrogen-bond donors (Lipinski definition) is 1. The lowest BCUT2D eigenvalue weighted by Crippen LogP contribution is -2.53. The van der Waals surface area contributed by atoms with Gasteiger partial charge in [0, 0.05) is 23.4 Å². The van der Waals surface area contributed by atoms with Gasteiger partial charge in [0.25, 0.3) is 5.84 Å². The van der Waals surface area contributed by atoms with Crippen LogP contribution in [0.1, 0.15) is 43.7 Å². The third kappa shape index (κ3) is 4.43. The Morgan fingerprint density at radius 2 is 1.79 bits per heavy atom. The molecular weight excluding hydrogens is 468 g/mol. The molecule has 2 aliphatic heterocycles. The maximum Gasteiger partial charge on any atom is 0.264 e. The second-order valence-electron chi connectivity index (χ2n) is 11.1. The van der Waals surface area contributed by atoms with Crippen LogP contribution in [-0.2, 0) is 0 Å². The number of aromatic nitrogens is 1. The zero-order valence-electron chi connectivity index (χ0n) is 22.6. The Kier molecular flexibility index (Phi) is 6.56. The fourth-order valence-corrected chi connectivity index (χ4v) is 6.19. The van der Waals surface area contributed by atoms with Gasteiger partial charge in [-0.15, -0.1) is 4.59 Å². The molecule has 1 saturated carbocycles. The van der Waals surface area contributed by atoms with Crippen LogP contribution in [0.15, 0.2) is 88.4 Å². The molecule has 0 bridgehead atoms. The fourth-order valence-electron chi connectivity index (χ4n) is 6.19. The number of pyridine rings is 1. The van der Waals surface area contributed by atoms with Crippen LogP contribution < -0.4 is 5.84 Å². The van der Waals surface area contributed by atoms with Crippen molar-refractivity contribution in [3.63, 3.8) is 0 Å². The van der Waals surface area contributed by atoms with Gasteiger partial charge in [0.05, 0.1) is 29.2 Å². The van der Waals surface area contributed by atoms with E-state index in [4.69, 9.17) is 15.8 Å². The van der Waals surface area contributed by atoms with Crippen molar-refractivity contribution in [3.8, 4) is 11.3 Å². The lowest BCUT2D eigenvalue weighted by Gasteiger charge is -2.31. The molecule has 1 aromatic heterocycles. The van der Waals surface area contributed by atoms with Gasteiger partial charge in [-0.3, -0.25) is 4.99 Å². The topological polar surface area (TPSA) is 66.9 Å². The zero-order chi connectivity index (χ0) is 26.3. The van der Waals surface area contributed by atoms with E-state index in [-0.39, 0.29) is 4.59 Å². The van der Waals surface area contributed by atoms with Gasteiger partial charge in [-0.05, 0) is 75.9 Å². The first-order valence-corrected chi connectivity index (χ1v) is 13.8. The molecule has 3 aliphatic rings. The predicted molar refractivity (Wildman–Crippen MR) is 156 cm³/mol. The van der Waals surface area contributed by atoms with Gasteiger partial charge >= 0.3 is 0 Å². The van der Waals surface area contributed by atoms with Gasteiger partial charge in [-0.2, -0.15) is 10.8 Å². The highest BCUT2D eigenvalue weighted by molar-refractivity contribution is 6.03. The molecule has 6 nitrogen and oxygen atoms in total. The first-order chi connectivity index (χ1) is 18.5. The number of fused-ring (bicyclic) bond motifs is 2. The minimum atomic E-state index is 0.0696. The van der Waals surface area contributed by atoms with Gasteiger partial charge in [0.1, 0.15) is 11.9 Å². The molecule has 6 heteroatoms. The van der Waals surface area contributed by atoms with Crippen LogP contribution in [0, 0.1) is 18.8 Å². The standard InChI is InChI=1S/C32H37N6/c1-4-37(3)21-23-10-12-25(13-11-23)31-30-20-34-16-17-38(30,33)32(36-31)26-14-15-27-22(2)18-28(35-29(27)19-26)24-8-6-5-7-9-24/h5-9,14-20,23,25H,4,10-13,21,33H2,1-3H3/q+1. The molecule has 2 aromatic carbocycles. The van der Waals surface area contributed by atoms with Crippen molar-refractivity contribution in [2.75, 3.05) is 20.1 Å². The molecule has 1 unspecified atom stereocenters. The molecule has 38 heavy (non-hydrogen) atoms. The molecule has 1 aliphatic carbocycles. The van der Waals surface area contributed by atoms with E-state index in [1.807, 2.05) is 18.5 Å². The Labute approximate surface area is 225 Å². The predicted octanol–water partition coefficient (Wildman–Crippen LogP) is 6.19. The van der Waals surface area contributed by atoms with Crippen LogP contribution in [0.3, 0.4) is 0 Å². The van der Waals surface area contributed by atoms with Crippen molar-refractivity contribution in [1.82, 2.24) is 9.88 Å². The molecule has 0 spiro atoms. The van der Waals surface area contributed by atoms with Crippen molar-refractivity contribution in [1.29, 1.82) is 0 Å². The largest absolute Gasteiger partial charge is 0.306 e. The van der Waals surface area contributed by atoms with Crippen LogP contribution in [0.5, 0.6) is 0 Å². The summed E-state index contributed by atoms with van der Waals surface area (Å²) < 4.78 is 0.0696. The molecule has 2 N–H and O–H groups in total. The Morgan fingerprint density at radius 3 is 2.55 bits per heavy atom. The lowest BCUT2D eigenvalue weighted by molar-refractivity contribution is -0.750. The van der Waals surface area contributed by atoms with E-state index in [2.05, 4.69) is 79.3 Å².